The van der Waals surface area contributed by atoms with E-state index in [0.717, 1.165) is 0 Å². The largest absolute Gasteiger partial charge is 0.390 e. The predicted octanol–water partition coefficient (Wildman–Crippen LogP) is 0.110. The molecular weight excluding hydrogens is 220 g/mol. The standard InChI is InChI=1S/C8H13F2N5O/c1-5-13-6(2-7(14-5)15-11)12-3-8(9,10)4-16/h2,16H,3-4,11H2,1H3,(H2,12,13,14,15). The van der Waals surface area contributed by atoms with Crippen molar-refractivity contribution in [2.45, 2.75) is 12.8 Å². The van der Waals surface area contributed by atoms with E-state index in [0.29, 0.717) is 11.6 Å². The SMILES string of the molecule is Cc1nc(NN)cc(NCC(F)(F)CO)n1. The number of nitrogen functional groups attached to an aromatic ring is 1. The van der Waals surface area contributed by atoms with Crippen molar-refractivity contribution in [1.29, 1.82) is 0 Å². The molecule has 1 aromatic rings. The zero-order valence-corrected chi connectivity index (χ0v) is 8.67. The van der Waals surface area contributed by atoms with E-state index in [-0.39, 0.29) is 5.82 Å². The van der Waals surface area contributed by atoms with E-state index in [9.17, 15) is 8.78 Å². The Morgan fingerprint density at radius 2 is 2.06 bits per heavy atom. The molecule has 0 saturated heterocycles. The summed E-state index contributed by atoms with van der Waals surface area (Å²) in [6.07, 6.45) is 0. The zero-order valence-electron chi connectivity index (χ0n) is 8.67. The Morgan fingerprint density at radius 3 is 2.62 bits per heavy atom. The first kappa shape index (κ1) is 12.5. The summed E-state index contributed by atoms with van der Waals surface area (Å²) < 4.78 is 25.5. The molecule has 1 aromatic heterocycles. The van der Waals surface area contributed by atoms with Crippen LogP contribution in [0.25, 0.3) is 0 Å². The molecule has 0 unspecified atom stereocenters. The minimum atomic E-state index is -3.19. The minimum absolute atomic E-state index is 0.216. The molecule has 0 aliphatic carbocycles. The Hall–Kier alpha value is -1.54. The van der Waals surface area contributed by atoms with Gasteiger partial charge in [-0.05, 0) is 6.92 Å². The van der Waals surface area contributed by atoms with E-state index in [1.807, 2.05) is 0 Å². The van der Waals surface area contributed by atoms with Crippen LogP contribution in [-0.2, 0) is 0 Å². The fraction of sp³-hybridized carbons (Fsp3) is 0.500. The summed E-state index contributed by atoms with van der Waals surface area (Å²) in [5.74, 6) is 2.89. The Balaban J connectivity index is 2.70. The highest BCUT2D eigenvalue weighted by Gasteiger charge is 2.27. The summed E-state index contributed by atoms with van der Waals surface area (Å²) in [5, 5.41) is 10.8. The van der Waals surface area contributed by atoms with Crippen LogP contribution in [0.1, 0.15) is 5.82 Å². The van der Waals surface area contributed by atoms with Gasteiger partial charge in [0.2, 0.25) is 0 Å². The number of anilines is 2. The molecule has 0 atom stereocenters. The van der Waals surface area contributed by atoms with Crippen molar-refractivity contribution in [3.05, 3.63) is 11.9 Å². The lowest BCUT2D eigenvalue weighted by Crippen LogP contribution is -2.31. The van der Waals surface area contributed by atoms with Gasteiger partial charge in [-0.1, -0.05) is 0 Å². The van der Waals surface area contributed by atoms with Crippen LogP contribution in [0.2, 0.25) is 0 Å². The second kappa shape index (κ2) is 4.99. The van der Waals surface area contributed by atoms with E-state index in [2.05, 4.69) is 20.7 Å². The summed E-state index contributed by atoms with van der Waals surface area (Å²) in [6.45, 7) is -0.313. The lowest BCUT2D eigenvalue weighted by Gasteiger charge is -2.14. The monoisotopic (exact) mass is 233 g/mol. The number of hydrazine groups is 1. The zero-order chi connectivity index (χ0) is 12.2. The van der Waals surface area contributed by atoms with Gasteiger partial charge in [-0.15, -0.1) is 0 Å². The predicted molar refractivity (Wildman–Crippen MR) is 55.1 cm³/mol. The van der Waals surface area contributed by atoms with Crippen molar-refractivity contribution in [3.8, 4) is 0 Å². The van der Waals surface area contributed by atoms with E-state index in [4.69, 9.17) is 10.9 Å². The number of hydrogen-bond donors (Lipinski definition) is 4. The maximum absolute atomic E-state index is 12.7. The van der Waals surface area contributed by atoms with Crippen LogP contribution in [0.5, 0.6) is 0 Å². The molecule has 0 amide bonds. The number of nitrogens with two attached hydrogens (primary N) is 1. The first-order valence-corrected chi connectivity index (χ1v) is 4.52. The number of halogens is 2. The van der Waals surface area contributed by atoms with Crippen LogP contribution < -0.4 is 16.6 Å². The molecular formula is C8H13F2N5O. The van der Waals surface area contributed by atoms with Crippen LogP contribution in [-0.4, -0.2) is 34.1 Å². The van der Waals surface area contributed by atoms with Gasteiger partial charge in [-0.3, -0.25) is 0 Å². The van der Waals surface area contributed by atoms with Crippen LogP contribution in [0, 0.1) is 6.92 Å². The van der Waals surface area contributed by atoms with E-state index in [1.54, 1.807) is 6.92 Å². The average Bonchev–Trinajstić information content (AvgIpc) is 2.26. The lowest BCUT2D eigenvalue weighted by molar-refractivity contribution is -0.0373. The topological polar surface area (TPSA) is 96.1 Å². The smallest absolute Gasteiger partial charge is 0.287 e. The number of nitrogens with one attached hydrogen (secondary N) is 2. The van der Waals surface area contributed by atoms with Crippen LogP contribution in [0.3, 0.4) is 0 Å². The lowest BCUT2D eigenvalue weighted by atomic mass is 10.3. The van der Waals surface area contributed by atoms with Crippen molar-refractivity contribution >= 4 is 11.6 Å². The molecule has 0 radical (unpaired) electrons. The molecule has 0 spiro atoms. The summed E-state index contributed by atoms with van der Waals surface area (Å²) >= 11 is 0. The number of hydrogen-bond acceptors (Lipinski definition) is 6. The van der Waals surface area contributed by atoms with Crippen LogP contribution >= 0.6 is 0 Å². The molecule has 1 rings (SSSR count). The van der Waals surface area contributed by atoms with Gasteiger partial charge in [0.25, 0.3) is 5.92 Å². The summed E-state index contributed by atoms with van der Waals surface area (Å²) in [4.78, 5) is 7.78. The number of rotatable bonds is 5. The first-order valence-electron chi connectivity index (χ1n) is 4.52. The molecule has 0 saturated carbocycles. The second-order valence-corrected chi connectivity index (χ2v) is 3.20. The van der Waals surface area contributed by atoms with Crippen LogP contribution in [0.4, 0.5) is 20.4 Å². The van der Waals surface area contributed by atoms with Crippen molar-refractivity contribution in [2.75, 3.05) is 23.9 Å². The number of nitrogens with zero attached hydrogens (tertiary/aromatic N) is 2. The van der Waals surface area contributed by atoms with E-state index >= 15 is 0 Å². The summed E-state index contributed by atoms with van der Waals surface area (Å²) in [5.41, 5.74) is 2.29. The Bertz CT molecular complexity index is 360. The molecule has 0 aliphatic rings. The van der Waals surface area contributed by atoms with Crippen LogP contribution in [0.15, 0.2) is 6.07 Å². The third-order valence-corrected chi connectivity index (χ3v) is 1.75. The fourth-order valence-electron chi connectivity index (χ4n) is 1.01. The Kier molecular flexibility index (Phi) is 3.91. The number of aliphatic hydroxyl groups is 1. The molecule has 16 heavy (non-hydrogen) atoms. The number of alkyl halides is 2. The quantitative estimate of drug-likeness (QED) is 0.426. The van der Waals surface area contributed by atoms with Gasteiger partial charge < -0.3 is 15.8 Å². The van der Waals surface area contributed by atoms with Gasteiger partial charge in [0.15, 0.2) is 0 Å². The third kappa shape index (κ3) is 3.55. The summed E-state index contributed by atoms with van der Waals surface area (Å²) in [7, 11) is 0. The highest BCUT2D eigenvalue weighted by molar-refractivity contribution is 5.46. The first-order chi connectivity index (χ1) is 7.46. The number of aromatic nitrogens is 2. The molecule has 5 N–H and O–H groups in total. The van der Waals surface area contributed by atoms with Gasteiger partial charge in [-0.25, -0.2) is 24.6 Å². The molecule has 0 fully saturated rings. The third-order valence-electron chi connectivity index (χ3n) is 1.75. The van der Waals surface area contributed by atoms with Crippen molar-refractivity contribution in [3.63, 3.8) is 0 Å². The molecule has 6 nitrogen and oxygen atoms in total. The Labute approximate surface area is 90.9 Å². The number of aliphatic hydroxyl groups excluding tert-OH is 1. The van der Waals surface area contributed by atoms with Gasteiger partial charge in [0, 0.05) is 6.07 Å². The Morgan fingerprint density at radius 1 is 1.44 bits per heavy atom. The molecule has 90 valence electrons. The van der Waals surface area contributed by atoms with Crippen molar-refractivity contribution in [2.24, 2.45) is 5.84 Å². The molecule has 0 bridgehead atoms. The minimum Gasteiger partial charge on any atom is -0.390 e. The molecule has 8 heteroatoms. The van der Waals surface area contributed by atoms with Gasteiger partial charge >= 0.3 is 0 Å². The average molecular weight is 233 g/mol. The highest BCUT2D eigenvalue weighted by Crippen LogP contribution is 2.15. The maximum Gasteiger partial charge on any atom is 0.287 e. The normalized spacial score (nSPS) is 11.3. The van der Waals surface area contributed by atoms with Gasteiger partial charge in [-0.2, -0.15) is 0 Å². The van der Waals surface area contributed by atoms with E-state index < -0.39 is 19.1 Å². The van der Waals surface area contributed by atoms with Crippen molar-refractivity contribution < 1.29 is 13.9 Å². The number of aryl methyl sites for hydroxylation is 1. The molecule has 0 aromatic carbocycles. The van der Waals surface area contributed by atoms with Gasteiger partial charge in [0.05, 0.1) is 6.54 Å². The van der Waals surface area contributed by atoms with E-state index in [1.165, 1.54) is 6.07 Å². The maximum atomic E-state index is 12.7. The second-order valence-electron chi connectivity index (χ2n) is 3.20. The van der Waals surface area contributed by atoms with Gasteiger partial charge in [0.1, 0.15) is 24.1 Å². The molecule has 1 heterocycles. The van der Waals surface area contributed by atoms with Crippen molar-refractivity contribution in [1.82, 2.24) is 9.97 Å². The summed E-state index contributed by atoms with van der Waals surface area (Å²) in [6, 6.07) is 1.39. The molecule has 0 aliphatic heterocycles. The fourth-order valence-corrected chi connectivity index (χ4v) is 1.01. The highest BCUT2D eigenvalue weighted by atomic mass is 19.3.